The molecule has 1 saturated heterocycles. The Morgan fingerprint density at radius 2 is 1.86 bits per heavy atom. The van der Waals surface area contributed by atoms with E-state index in [0.717, 1.165) is 32.6 Å². The molecule has 0 N–H and O–H groups in total. The first-order valence-electron chi connectivity index (χ1n) is 8.30. The molecule has 1 atom stereocenters. The highest BCUT2D eigenvalue weighted by molar-refractivity contribution is 5.75. The van der Waals surface area contributed by atoms with Gasteiger partial charge in [0.05, 0.1) is 6.61 Å². The van der Waals surface area contributed by atoms with E-state index in [1.807, 2.05) is 6.92 Å². The maximum Gasteiger partial charge on any atom is 0.323 e. The van der Waals surface area contributed by atoms with Crippen molar-refractivity contribution in [3.05, 3.63) is 29.3 Å². The number of nitrogens with zero attached hydrogens (tertiary/aromatic N) is 2. The van der Waals surface area contributed by atoms with Gasteiger partial charge in [-0.3, -0.25) is 9.69 Å². The van der Waals surface area contributed by atoms with Gasteiger partial charge in [-0.1, -0.05) is 19.1 Å². The number of carbonyl (C=O) groups excluding carboxylic acids is 1. The molecule has 4 nitrogen and oxygen atoms in total. The molecular formula is C18H28N2O2. The minimum atomic E-state index is -0.0966. The van der Waals surface area contributed by atoms with E-state index in [9.17, 15) is 4.79 Å². The number of hydrogen-bond donors (Lipinski definition) is 0. The van der Waals surface area contributed by atoms with Crippen molar-refractivity contribution in [3.63, 3.8) is 0 Å². The molecule has 1 unspecified atom stereocenters. The van der Waals surface area contributed by atoms with Gasteiger partial charge in [-0.25, -0.2) is 0 Å². The standard InChI is InChI=1S/C18H28N2O2/c1-5-16(18(21)22-6-2)19-10-12-20(13-11-19)17-9-7-8-14(3)15(17)4/h7-9,16H,5-6,10-13H2,1-4H3. The molecule has 22 heavy (non-hydrogen) atoms. The Hall–Kier alpha value is -1.55. The third kappa shape index (κ3) is 3.61. The fourth-order valence-corrected chi connectivity index (χ4v) is 3.17. The lowest BCUT2D eigenvalue weighted by molar-refractivity contribution is -0.149. The molecular weight excluding hydrogens is 276 g/mol. The van der Waals surface area contributed by atoms with Gasteiger partial charge in [0, 0.05) is 31.9 Å². The van der Waals surface area contributed by atoms with Crippen molar-refractivity contribution < 1.29 is 9.53 Å². The van der Waals surface area contributed by atoms with Gasteiger partial charge in [0.25, 0.3) is 0 Å². The zero-order valence-corrected chi connectivity index (χ0v) is 14.3. The van der Waals surface area contributed by atoms with E-state index >= 15 is 0 Å². The topological polar surface area (TPSA) is 32.8 Å². The predicted octanol–water partition coefficient (Wildman–Crippen LogP) is 2.77. The average molecular weight is 304 g/mol. The summed E-state index contributed by atoms with van der Waals surface area (Å²) in [5.41, 5.74) is 4.01. The van der Waals surface area contributed by atoms with E-state index in [-0.39, 0.29) is 12.0 Å². The highest BCUT2D eigenvalue weighted by atomic mass is 16.5. The predicted molar refractivity (Wildman–Crippen MR) is 90.4 cm³/mol. The fraction of sp³-hybridized carbons (Fsp3) is 0.611. The van der Waals surface area contributed by atoms with E-state index in [0.29, 0.717) is 6.61 Å². The van der Waals surface area contributed by atoms with Crippen molar-refractivity contribution in [1.29, 1.82) is 0 Å². The third-order valence-corrected chi connectivity index (χ3v) is 4.62. The quantitative estimate of drug-likeness (QED) is 0.783. The highest BCUT2D eigenvalue weighted by Gasteiger charge is 2.29. The van der Waals surface area contributed by atoms with Crippen LogP contribution in [0.2, 0.25) is 0 Å². The molecule has 1 aromatic rings. The van der Waals surface area contributed by atoms with Gasteiger partial charge in [0.1, 0.15) is 6.04 Å². The molecule has 122 valence electrons. The highest BCUT2D eigenvalue weighted by Crippen LogP contribution is 2.24. The molecule has 1 heterocycles. The van der Waals surface area contributed by atoms with Crippen LogP contribution in [0.1, 0.15) is 31.4 Å². The number of rotatable bonds is 5. The summed E-state index contributed by atoms with van der Waals surface area (Å²) in [6, 6.07) is 6.38. The Kier molecular flexibility index (Phi) is 5.83. The van der Waals surface area contributed by atoms with Crippen molar-refractivity contribution in [2.45, 2.75) is 40.2 Å². The summed E-state index contributed by atoms with van der Waals surface area (Å²) in [6.45, 7) is 12.4. The molecule has 0 amide bonds. The van der Waals surface area contributed by atoms with Gasteiger partial charge >= 0.3 is 5.97 Å². The molecule has 0 saturated carbocycles. The minimum Gasteiger partial charge on any atom is -0.465 e. The van der Waals surface area contributed by atoms with E-state index in [4.69, 9.17) is 4.74 Å². The zero-order valence-electron chi connectivity index (χ0n) is 14.3. The van der Waals surface area contributed by atoms with E-state index in [2.05, 4.69) is 48.8 Å². The molecule has 1 fully saturated rings. The number of piperazine rings is 1. The smallest absolute Gasteiger partial charge is 0.323 e. The minimum absolute atomic E-state index is 0.0785. The summed E-state index contributed by atoms with van der Waals surface area (Å²) in [4.78, 5) is 16.7. The molecule has 1 aliphatic heterocycles. The first kappa shape index (κ1) is 16.8. The number of aryl methyl sites for hydroxylation is 1. The zero-order chi connectivity index (χ0) is 16.1. The van der Waals surface area contributed by atoms with Gasteiger partial charge in [-0.2, -0.15) is 0 Å². The maximum atomic E-state index is 12.0. The second kappa shape index (κ2) is 7.63. The van der Waals surface area contributed by atoms with Crippen LogP contribution < -0.4 is 4.90 Å². The van der Waals surface area contributed by atoms with Crippen LogP contribution in [0.3, 0.4) is 0 Å². The number of esters is 1. The van der Waals surface area contributed by atoms with Gasteiger partial charge < -0.3 is 9.64 Å². The second-order valence-electron chi connectivity index (χ2n) is 5.92. The van der Waals surface area contributed by atoms with Crippen LogP contribution in [0, 0.1) is 13.8 Å². The Balaban J connectivity index is 2.00. The lowest BCUT2D eigenvalue weighted by Crippen LogP contribution is -2.53. The maximum absolute atomic E-state index is 12.0. The lowest BCUT2D eigenvalue weighted by Gasteiger charge is -2.39. The summed E-state index contributed by atoms with van der Waals surface area (Å²) in [5.74, 6) is -0.0785. The van der Waals surface area contributed by atoms with Crippen molar-refractivity contribution in [2.24, 2.45) is 0 Å². The fourth-order valence-electron chi connectivity index (χ4n) is 3.17. The molecule has 0 bridgehead atoms. The van der Waals surface area contributed by atoms with Crippen LogP contribution in [0.4, 0.5) is 5.69 Å². The van der Waals surface area contributed by atoms with Crippen LogP contribution in [0.15, 0.2) is 18.2 Å². The molecule has 4 heteroatoms. The molecule has 0 spiro atoms. The Bertz CT molecular complexity index is 508. The third-order valence-electron chi connectivity index (χ3n) is 4.62. The van der Waals surface area contributed by atoms with Gasteiger partial charge in [0.2, 0.25) is 0 Å². The lowest BCUT2D eigenvalue weighted by atomic mass is 10.1. The second-order valence-corrected chi connectivity index (χ2v) is 5.92. The van der Waals surface area contributed by atoms with Crippen molar-refractivity contribution in [1.82, 2.24) is 4.90 Å². The molecule has 0 aliphatic carbocycles. The number of hydrogen-bond acceptors (Lipinski definition) is 4. The van der Waals surface area contributed by atoms with Gasteiger partial charge in [-0.15, -0.1) is 0 Å². The van der Waals surface area contributed by atoms with Gasteiger partial charge in [0.15, 0.2) is 0 Å². The number of ether oxygens (including phenoxy) is 1. The number of benzene rings is 1. The van der Waals surface area contributed by atoms with E-state index in [1.54, 1.807) is 0 Å². The summed E-state index contributed by atoms with van der Waals surface area (Å²) in [6.07, 6.45) is 0.808. The van der Waals surface area contributed by atoms with Crippen LogP contribution >= 0.6 is 0 Å². The van der Waals surface area contributed by atoms with E-state index in [1.165, 1.54) is 16.8 Å². The molecule has 0 radical (unpaired) electrons. The van der Waals surface area contributed by atoms with E-state index < -0.39 is 0 Å². The Morgan fingerprint density at radius 1 is 1.18 bits per heavy atom. The summed E-state index contributed by atoms with van der Waals surface area (Å²) >= 11 is 0. The normalized spacial score (nSPS) is 17.4. The molecule has 2 rings (SSSR count). The first-order chi connectivity index (χ1) is 10.6. The number of anilines is 1. The van der Waals surface area contributed by atoms with Crippen molar-refractivity contribution in [3.8, 4) is 0 Å². The first-order valence-corrected chi connectivity index (χ1v) is 8.30. The summed E-state index contributed by atoms with van der Waals surface area (Å²) in [7, 11) is 0. The SMILES string of the molecule is CCOC(=O)C(CC)N1CCN(c2cccc(C)c2C)CC1. The van der Waals surface area contributed by atoms with Crippen LogP contribution in [-0.4, -0.2) is 49.7 Å². The van der Waals surface area contributed by atoms with Crippen LogP contribution in [0.25, 0.3) is 0 Å². The van der Waals surface area contributed by atoms with Crippen LogP contribution in [-0.2, 0) is 9.53 Å². The van der Waals surface area contributed by atoms with Crippen molar-refractivity contribution >= 4 is 11.7 Å². The summed E-state index contributed by atoms with van der Waals surface area (Å²) in [5, 5.41) is 0. The molecule has 1 aliphatic rings. The monoisotopic (exact) mass is 304 g/mol. The van der Waals surface area contributed by atoms with Gasteiger partial charge in [-0.05, 0) is 44.4 Å². The molecule has 0 aromatic heterocycles. The number of carbonyl (C=O) groups is 1. The van der Waals surface area contributed by atoms with Crippen LogP contribution in [0.5, 0.6) is 0 Å². The van der Waals surface area contributed by atoms with Crippen molar-refractivity contribution in [2.75, 3.05) is 37.7 Å². The summed E-state index contributed by atoms with van der Waals surface area (Å²) < 4.78 is 5.20. The Labute approximate surface area is 134 Å². The largest absolute Gasteiger partial charge is 0.465 e. The molecule has 1 aromatic carbocycles. The average Bonchev–Trinajstić information content (AvgIpc) is 2.52. The Morgan fingerprint density at radius 3 is 2.45 bits per heavy atom.